The molecule has 1 aromatic heterocycles. The van der Waals surface area contributed by atoms with Gasteiger partial charge in [0.25, 0.3) is 0 Å². The van der Waals surface area contributed by atoms with Gasteiger partial charge in [0.15, 0.2) is 0 Å². The minimum Gasteiger partial charge on any atom is -0.489 e. The molecule has 4 nitrogen and oxygen atoms in total. The molecule has 0 unspecified atom stereocenters. The van der Waals surface area contributed by atoms with Gasteiger partial charge in [-0.1, -0.05) is 47.6 Å². The molecule has 0 spiro atoms. The first kappa shape index (κ1) is 12.3. The number of benzene rings is 2. The molecule has 0 saturated heterocycles. The van der Waals surface area contributed by atoms with Gasteiger partial charge in [0, 0.05) is 0 Å². The van der Waals surface area contributed by atoms with Crippen LogP contribution in [0.15, 0.2) is 65.3 Å². The molecule has 0 fully saturated rings. The maximum absolute atomic E-state index is 5.78. The van der Waals surface area contributed by atoms with Gasteiger partial charge in [-0.2, -0.15) is 0 Å². The molecule has 0 amide bonds. The Balaban J connectivity index is 1.77. The van der Waals surface area contributed by atoms with Crippen LogP contribution in [0.2, 0.25) is 0 Å². The van der Waals surface area contributed by atoms with Crippen LogP contribution in [0.4, 0.5) is 5.88 Å². The largest absolute Gasteiger partial charge is 0.489 e. The first-order valence-electron chi connectivity index (χ1n) is 6.30. The molecule has 4 heteroatoms. The normalized spacial score (nSPS) is 10.4. The zero-order valence-corrected chi connectivity index (χ0v) is 10.8. The van der Waals surface area contributed by atoms with Crippen molar-refractivity contribution >= 4 is 5.88 Å². The number of nitrogens with two attached hydrogens (primary N) is 1. The second-order valence-corrected chi connectivity index (χ2v) is 4.41. The van der Waals surface area contributed by atoms with E-state index in [1.807, 2.05) is 54.6 Å². The molecule has 0 saturated carbocycles. The Hall–Kier alpha value is -2.75. The lowest BCUT2D eigenvalue weighted by Crippen LogP contribution is -1.95. The zero-order valence-electron chi connectivity index (χ0n) is 10.8. The van der Waals surface area contributed by atoms with Crippen LogP contribution in [0.3, 0.4) is 0 Å². The zero-order chi connectivity index (χ0) is 13.8. The van der Waals surface area contributed by atoms with Gasteiger partial charge in [0.1, 0.15) is 12.4 Å². The van der Waals surface area contributed by atoms with Gasteiger partial charge in [-0.05, 0) is 23.3 Å². The Labute approximate surface area is 116 Å². The highest BCUT2D eigenvalue weighted by molar-refractivity contribution is 5.72. The topological polar surface area (TPSA) is 61.3 Å². The van der Waals surface area contributed by atoms with Crippen LogP contribution >= 0.6 is 0 Å². The highest BCUT2D eigenvalue weighted by Gasteiger charge is 2.07. The third-order valence-corrected chi connectivity index (χ3v) is 2.99. The van der Waals surface area contributed by atoms with Gasteiger partial charge < -0.3 is 15.0 Å². The van der Waals surface area contributed by atoms with E-state index in [1.165, 1.54) is 0 Å². The van der Waals surface area contributed by atoms with Crippen LogP contribution in [0.1, 0.15) is 5.56 Å². The highest BCUT2D eigenvalue weighted by Crippen LogP contribution is 2.28. The van der Waals surface area contributed by atoms with Crippen molar-refractivity contribution in [2.24, 2.45) is 0 Å². The molecule has 20 heavy (non-hydrogen) atoms. The second kappa shape index (κ2) is 5.48. The number of nitrogen functional groups attached to an aromatic ring is 1. The van der Waals surface area contributed by atoms with E-state index in [9.17, 15) is 0 Å². The highest BCUT2D eigenvalue weighted by atomic mass is 16.5. The van der Waals surface area contributed by atoms with E-state index >= 15 is 0 Å². The average Bonchev–Trinajstić information content (AvgIpc) is 2.93. The van der Waals surface area contributed by atoms with E-state index < -0.39 is 0 Å². The first-order chi connectivity index (χ1) is 9.83. The molecule has 0 bridgehead atoms. The SMILES string of the molecule is Nc1oncc1-c1cccc(OCc2ccccc2)c1. The lowest BCUT2D eigenvalue weighted by molar-refractivity contribution is 0.306. The third kappa shape index (κ3) is 2.64. The van der Waals surface area contributed by atoms with E-state index in [0.29, 0.717) is 12.5 Å². The molecule has 0 atom stereocenters. The molecule has 0 aliphatic rings. The maximum atomic E-state index is 5.78. The number of aromatic nitrogens is 1. The number of ether oxygens (including phenoxy) is 1. The van der Waals surface area contributed by atoms with Gasteiger partial charge in [0.2, 0.25) is 5.88 Å². The van der Waals surface area contributed by atoms with Crippen LogP contribution in [0.25, 0.3) is 11.1 Å². The molecule has 3 aromatic rings. The number of hydrogen-bond donors (Lipinski definition) is 1. The minimum absolute atomic E-state index is 0.310. The molecule has 2 N–H and O–H groups in total. The number of hydrogen-bond acceptors (Lipinski definition) is 4. The summed E-state index contributed by atoms with van der Waals surface area (Å²) in [6.45, 7) is 0.531. The average molecular weight is 266 g/mol. The monoisotopic (exact) mass is 266 g/mol. The summed E-state index contributed by atoms with van der Waals surface area (Å²) in [5.41, 5.74) is 8.54. The van der Waals surface area contributed by atoms with Crippen LogP contribution in [0.5, 0.6) is 5.75 Å². The molecule has 0 aliphatic heterocycles. The molecule has 0 aliphatic carbocycles. The summed E-state index contributed by atoms with van der Waals surface area (Å²) in [4.78, 5) is 0. The second-order valence-electron chi connectivity index (χ2n) is 4.41. The van der Waals surface area contributed by atoms with E-state index in [1.54, 1.807) is 6.20 Å². The summed E-state index contributed by atoms with van der Waals surface area (Å²) in [6, 6.07) is 17.7. The standard InChI is InChI=1S/C16H14N2O2/c17-16-15(10-18-20-16)13-7-4-8-14(9-13)19-11-12-5-2-1-3-6-12/h1-10H,11,17H2. The predicted molar refractivity (Wildman–Crippen MR) is 77.1 cm³/mol. The third-order valence-electron chi connectivity index (χ3n) is 2.99. The van der Waals surface area contributed by atoms with Crippen LogP contribution in [-0.4, -0.2) is 5.16 Å². The Morgan fingerprint density at radius 1 is 1.05 bits per heavy atom. The Morgan fingerprint density at radius 2 is 1.90 bits per heavy atom. The molecule has 100 valence electrons. The summed E-state index contributed by atoms with van der Waals surface area (Å²) >= 11 is 0. The fraction of sp³-hybridized carbons (Fsp3) is 0.0625. The van der Waals surface area contributed by atoms with Crippen LogP contribution < -0.4 is 10.5 Å². The smallest absolute Gasteiger partial charge is 0.229 e. The fourth-order valence-electron chi connectivity index (χ4n) is 1.96. The Bertz CT molecular complexity index is 692. The summed E-state index contributed by atoms with van der Waals surface area (Å²) in [7, 11) is 0. The van der Waals surface area contributed by atoms with Crippen molar-refractivity contribution in [2.75, 3.05) is 5.73 Å². The molecule has 3 rings (SSSR count). The van der Waals surface area contributed by atoms with Crippen molar-refractivity contribution < 1.29 is 9.26 Å². The number of nitrogens with zero attached hydrogens (tertiary/aromatic N) is 1. The van der Waals surface area contributed by atoms with Gasteiger partial charge in [-0.25, -0.2) is 0 Å². The van der Waals surface area contributed by atoms with E-state index in [0.717, 1.165) is 22.4 Å². The molecular weight excluding hydrogens is 252 g/mol. The summed E-state index contributed by atoms with van der Waals surface area (Å²) < 4.78 is 10.7. The van der Waals surface area contributed by atoms with Crippen molar-refractivity contribution in [3.05, 3.63) is 66.4 Å². The molecular formula is C16H14N2O2. The Kier molecular flexibility index (Phi) is 3.37. The molecule has 0 radical (unpaired) electrons. The quantitative estimate of drug-likeness (QED) is 0.785. The predicted octanol–water partition coefficient (Wildman–Crippen LogP) is 3.50. The van der Waals surface area contributed by atoms with Crippen molar-refractivity contribution in [1.82, 2.24) is 5.16 Å². The summed E-state index contributed by atoms with van der Waals surface area (Å²) in [5, 5.41) is 3.68. The number of rotatable bonds is 4. The van der Waals surface area contributed by atoms with Gasteiger partial charge in [-0.15, -0.1) is 0 Å². The van der Waals surface area contributed by atoms with Crippen LogP contribution in [0, 0.1) is 0 Å². The first-order valence-corrected chi connectivity index (χ1v) is 6.30. The van der Waals surface area contributed by atoms with Crippen molar-refractivity contribution in [3.63, 3.8) is 0 Å². The fourth-order valence-corrected chi connectivity index (χ4v) is 1.96. The van der Waals surface area contributed by atoms with Gasteiger partial charge in [0.05, 0.1) is 11.8 Å². The van der Waals surface area contributed by atoms with Crippen molar-refractivity contribution in [3.8, 4) is 16.9 Å². The van der Waals surface area contributed by atoms with Crippen LogP contribution in [-0.2, 0) is 6.61 Å². The lowest BCUT2D eigenvalue weighted by atomic mass is 10.1. The number of anilines is 1. The molecule has 2 aromatic carbocycles. The minimum atomic E-state index is 0.310. The van der Waals surface area contributed by atoms with E-state index in [4.69, 9.17) is 15.0 Å². The van der Waals surface area contributed by atoms with Crippen molar-refractivity contribution in [2.45, 2.75) is 6.61 Å². The van der Waals surface area contributed by atoms with E-state index in [-0.39, 0.29) is 0 Å². The summed E-state index contributed by atoms with van der Waals surface area (Å²) in [6.07, 6.45) is 1.60. The lowest BCUT2D eigenvalue weighted by Gasteiger charge is -2.07. The van der Waals surface area contributed by atoms with Gasteiger partial charge in [-0.3, -0.25) is 0 Å². The van der Waals surface area contributed by atoms with E-state index in [2.05, 4.69) is 5.16 Å². The molecule has 1 heterocycles. The van der Waals surface area contributed by atoms with Crippen molar-refractivity contribution in [1.29, 1.82) is 0 Å². The maximum Gasteiger partial charge on any atom is 0.229 e. The van der Waals surface area contributed by atoms with Gasteiger partial charge >= 0.3 is 0 Å². The Morgan fingerprint density at radius 3 is 2.65 bits per heavy atom. The summed E-state index contributed by atoms with van der Waals surface area (Å²) in [5.74, 6) is 1.09.